The van der Waals surface area contributed by atoms with Crippen molar-refractivity contribution in [3.05, 3.63) is 136 Å². The average Bonchev–Trinajstić information content (AvgIpc) is 3.51. The predicted molar refractivity (Wildman–Crippen MR) is 223 cm³/mol. The Hall–Kier alpha value is -5.87. The summed E-state index contributed by atoms with van der Waals surface area (Å²) in [5.41, 5.74) is 9.53. The van der Waals surface area contributed by atoms with Gasteiger partial charge in [0.25, 0.3) is 11.8 Å². The van der Waals surface area contributed by atoms with Gasteiger partial charge in [-0.25, -0.2) is 4.79 Å². The predicted octanol–water partition coefficient (Wildman–Crippen LogP) is 7.42. The first kappa shape index (κ1) is 38.4. The van der Waals surface area contributed by atoms with Gasteiger partial charge in [0.05, 0.1) is 11.3 Å². The maximum absolute atomic E-state index is 14.9. The summed E-state index contributed by atoms with van der Waals surface area (Å²) in [4.78, 5) is 52.2. The Bertz CT molecular complexity index is 2260. The maximum atomic E-state index is 14.9. The average molecular weight is 753 g/mol. The van der Waals surface area contributed by atoms with E-state index in [9.17, 15) is 14.4 Å². The summed E-state index contributed by atoms with van der Waals surface area (Å²) >= 11 is 0. The second kappa shape index (κ2) is 16.1. The molecule has 290 valence electrons. The zero-order valence-electron chi connectivity index (χ0n) is 33.6. The van der Waals surface area contributed by atoms with E-state index in [4.69, 9.17) is 4.74 Å². The van der Waals surface area contributed by atoms with E-state index in [1.54, 1.807) is 16.8 Å². The SMILES string of the molecule is Cc1c(C(=O)N(C)c2ccccc2)cc(-c2cc3c(cc2C(=O)N2Cc4ccccc4C[C@H]2C)CN(C(=O)Oc2ccccc2N(C)CCN(C)C)CC3)n1C. The Morgan fingerprint density at radius 3 is 2.21 bits per heavy atom. The van der Waals surface area contributed by atoms with Gasteiger partial charge in [-0.15, -0.1) is 0 Å². The summed E-state index contributed by atoms with van der Waals surface area (Å²) in [6, 6.07) is 31.5. The molecule has 0 spiro atoms. The van der Waals surface area contributed by atoms with Gasteiger partial charge in [-0.2, -0.15) is 0 Å². The van der Waals surface area contributed by atoms with Gasteiger partial charge in [0.15, 0.2) is 5.75 Å². The molecule has 2 aliphatic rings. The number of para-hydroxylation sites is 3. The largest absolute Gasteiger partial charge is 0.415 e. The number of fused-ring (bicyclic) bond motifs is 2. The van der Waals surface area contributed by atoms with Crippen LogP contribution in [0.3, 0.4) is 0 Å². The summed E-state index contributed by atoms with van der Waals surface area (Å²) in [5.74, 6) is 0.312. The fourth-order valence-corrected chi connectivity index (χ4v) is 7.87. The second-order valence-electron chi connectivity index (χ2n) is 15.4. The van der Waals surface area contributed by atoms with Crippen LogP contribution in [0.25, 0.3) is 11.3 Å². The van der Waals surface area contributed by atoms with Gasteiger partial charge in [0.2, 0.25) is 0 Å². The molecule has 0 N–H and O–H groups in total. The fourth-order valence-electron chi connectivity index (χ4n) is 7.87. The van der Waals surface area contributed by atoms with Gasteiger partial charge >= 0.3 is 6.09 Å². The molecular weight excluding hydrogens is 701 g/mol. The van der Waals surface area contributed by atoms with E-state index in [0.29, 0.717) is 42.9 Å². The Morgan fingerprint density at radius 1 is 0.768 bits per heavy atom. The third-order valence-corrected chi connectivity index (χ3v) is 11.5. The molecule has 10 heteroatoms. The molecule has 10 nitrogen and oxygen atoms in total. The lowest BCUT2D eigenvalue weighted by molar-refractivity contribution is 0.0658. The summed E-state index contributed by atoms with van der Waals surface area (Å²) in [7, 11) is 9.80. The summed E-state index contributed by atoms with van der Waals surface area (Å²) in [6.07, 6.45) is 0.933. The van der Waals surface area contributed by atoms with E-state index in [2.05, 4.69) is 41.0 Å². The van der Waals surface area contributed by atoms with Crippen LogP contribution in [0.5, 0.6) is 5.75 Å². The van der Waals surface area contributed by atoms with Crippen molar-refractivity contribution >= 4 is 29.3 Å². The van der Waals surface area contributed by atoms with E-state index in [-0.39, 0.29) is 17.9 Å². The van der Waals surface area contributed by atoms with Gasteiger partial charge in [0.1, 0.15) is 0 Å². The highest BCUT2D eigenvalue weighted by Crippen LogP contribution is 2.36. The van der Waals surface area contributed by atoms with Crippen molar-refractivity contribution < 1.29 is 19.1 Å². The standard InChI is InChI=1S/C46H52N6O4/c1-31-25-33-15-11-12-16-35(33)30-52(31)45(54)40-27-36-29-51(46(55)56-43-20-14-13-19-41(43)48(5)24-23-47(3)4)22-21-34(36)26-39(40)42-28-38(32(2)49(42)6)44(53)50(7)37-17-9-8-10-18-37/h8-20,26-28,31H,21-25,29-30H2,1-7H3/t31-/m1/s1. The number of hydrogen-bond donors (Lipinski definition) is 0. The monoisotopic (exact) mass is 752 g/mol. The van der Waals surface area contributed by atoms with Crippen LogP contribution in [0.1, 0.15) is 55.6 Å². The molecule has 0 saturated heterocycles. The van der Waals surface area contributed by atoms with Crippen LogP contribution in [0, 0.1) is 6.92 Å². The Balaban J connectivity index is 1.23. The van der Waals surface area contributed by atoms with E-state index >= 15 is 0 Å². The molecule has 1 aromatic heterocycles. The highest BCUT2D eigenvalue weighted by atomic mass is 16.6. The molecule has 56 heavy (non-hydrogen) atoms. The minimum Gasteiger partial charge on any atom is -0.408 e. The molecule has 0 fully saturated rings. The normalized spacial score (nSPS) is 15.0. The van der Waals surface area contributed by atoms with Crippen molar-refractivity contribution in [1.29, 1.82) is 0 Å². The van der Waals surface area contributed by atoms with Gasteiger partial charge < -0.3 is 33.8 Å². The second-order valence-corrected chi connectivity index (χ2v) is 15.4. The number of rotatable bonds is 9. The lowest BCUT2D eigenvalue weighted by atomic mass is 9.90. The van der Waals surface area contributed by atoms with Crippen molar-refractivity contribution in [3.8, 4) is 17.0 Å². The van der Waals surface area contributed by atoms with E-state index in [1.807, 2.05) is 117 Å². The summed E-state index contributed by atoms with van der Waals surface area (Å²) < 4.78 is 8.08. The molecule has 2 aliphatic heterocycles. The maximum Gasteiger partial charge on any atom is 0.415 e. The van der Waals surface area contributed by atoms with Gasteiger partial charge in [0, 0.05) is 88.1 Å². The van der Waals surface area contributed by atoms with E-state index < -0.39 is 6.09 Å². The zero-order chi connectivity index (χ0) is 39.7. The minimum absolute atomic E-state index is 0.0181. The first-order chi connectivity index (χ1) is 26.9. The molecular formula is C46H52N6O4. The Kier molecular flexibility index (Phi) is 11.0. The minimum atomic E-state index is -0.425. The summed E-state index contributed by atoms with van der Waals surface area (Å²) in [5, 5.41) is 0. The van der Waals surface area contributed by atoms with Crippen LogP contribution in [0.2, 0.25) is 0 Å². The number of ether oxygens (including phenoxy) is 1. The van der Waals surface area contributed by atoms with E-state index in [1.165, 1.54) is 5.56 Å². The molecule has 3 amide bonds. The van der Waals surface area contributed by atoms with Gasteiger partial charge in [-0.1, -0.05) is 54.6 Å². The lowest BCUT2D eigenvalue weighted by Crippen LogP contribution is -2.43. The van der Waals surface area contributed by atoms with Crippen LogP contribution in [0.4, 0.5) is 16.2 Å². The third-order valence-electron chi connectivity index (χ3n) is 11.5. The molecule has 0 unspecified atom stereocenters. The van der Waals surface area contributed by atoms with Crippen molar-refractivity contribution in [3.63, 3.8) is 0 Å². The van der Waals surface area contributed by atoms with Crippen molar-refractivity contribution in [2.75, 3.05) is 57.6 Å². The van der Waals surface area contributed by atoms with Crippen LogP contribution >= 0.6 is 0 Å². The lowest BCUT2D eigenvalue weighted by Gasteiger charge is -2.36. The fraction of sp³-hybridized carbons (Fsp3) is 0.326. The molecule has 5 aromatic rings. The van der Waals surface area contributed by atoms with Crippen LogP contribution < -0.4 is 14.5 Å². The Labute approximate surface area is 330 Å². The molecule has 7 rings (SSSR count). The molecule has 0 radical (unpaired) electrons. The number of carbonyl (C=O) groups excluding carboxylic acids is 3. The number of amides is 3. The van der Waals surface area contributed by atoms with E-state index in [0.717, 1.165) is 64.5 Å². The van der Waals surface area contributed by atoms with Gasteiger partial charge in [-0.05, 0) is 106 Å². The summed E-state index contributed by atoms with van der Waals surface area (Å²) in [6.45, 7) is 6.96. The van der Waals surface area contributed by atoms with Crippen LogP contribution in [-0.4, -0.2) is 91.0 Å². The van der Waals surface area contributed by atoms with Crippen LogP contribution in [0.15, 0.2) is 97.1 Å². The molecule has 1 atom stereocenters. The number of benzene rings is 4. The van der Waals surface area contributed by atoms with Crippen molar-refractivity contribution in [1.82, 2.24) is 19.3 Å². The smallest absolute Gasteiger partial charge is 0.408 e. The first-order valence-corrected chi connectivity index (χ1v) is 19.4. The van der Waals surface area contributed by atoms with Crippen LogP contribution in [-0.2, 0) is 33.0 Å². The number of hydrogen-bond acceptors (Lipinski definition) is 6. The molecule has 4 aromatic carbocycles. The zero-order valence-corrected chi connectivity index (χ0v) is 33.6. The number of likely N-dealkylation sites (N-methyl/N-ethyl adjacent to an activating group) is 2. The Morgan fingerprint density at radius 2 is 1.46 bits per heavy atom. The number of aromatic nitrogens is 1. The molecule has 0 bridgehead atoms. The molecule has 3 heterocycles. The highest BCUT2D eigenvalue weighted by Gasteiger charge is 2.33. The van der Waals surface area contributed by atoms with Crippen molar-refractivity contribution in [2.45, 2.75) is 45.8 Å². The van der Waals surface area contributed by atoms with Gasteiger partial charge in [-0.3, -0.25) is 9.59 Å². The highest BCUT2D eigenvalue weighted by molar-refractivity contribution is 6.08. The first-order valence-electron chi connectivity index (χ1n) is 19.4. The molecule has 0 saturated carbocycles. The quantitative estimate of drug-likeness (QED) is 0.156. The number of carbonyl (C=O) groups is 3. The topological polar surface area (TPSA) is 81.6 Å². The molecule has 0 aliphatic carbocycles. The number of anilines is 2. The van der Waals surface area contributed by atoms with Crippen molar-refractivity contribution in [2.24, 2.45) is 7.05 Å². The number of nitrogens with zero attached hydrogens (tertiary/aromatic N) is 6. The third kappa shape index (κ3) is 7.66.